The number of anilines is 1. The van der Waals surface area contributed by atoms with Gasteiger partial charge < -0.3 is 10.1 Å². The molecule has 0 saturated heterocycles. The maximum Gasteiger partial charge on any atom is 0.134 e. The Labute approximate surface area is 150 Å². The van der Waals surface area contributed by atoms with Gasteiger partial charge in [0.05, 0.1) is 7.11 Å². The number of aromatic nitrogens is 2. The number of benzene rings is 1. The summed E-state index contributed by atoms with van der Waals surface area (Å²) in [5.41, 5.74) is 2.33. The van der Waals surface area contributed by atoms with Gasteiger partial charge in [0.1, 0.15) is 11.6 Å². The van der Waals surface area contributed by atoms with Crippen LogP contribution in [0.2, 0.25) is 0 Å². The van der Waals surface area contributed by atoms with E-state index in [4.69, 9.17) is 4.74 Å². The lowest BCUT2D eigenvalue weighted by Gasteiger charge is -2.06. The van der Waals surface area contributed by atoms with Crippen molar-refractivity contribution in [2.75, 3.05) is 12.4 Å². The zero-order chi connectivity index (χ0) is 17.1. The fraction of sp³-hybridized carbons (Fsp3) is 0.100. The topological polar surface area (TPSA) is 47.0 Å². The summed E-state index contributed by atoms with van der Waals surface area (Å²) in [6.45, 7) is 0.721. The van der Waals surface area contributed by atoms with E-state index in [0.717, 1.165) is 29.1 Å². The van der Waals surface area contributed by atoms with Crippen LogP contribution in [-0.2, 0) is 6.54 Å². The number of nitrogens with zero attached hydrogens (tertiary/aromatic N) is 2. The van der Waals surface area contributed by atoms with E-state index in [1.54, 1.807) is 30.8 Å². The van der Waals surface area contributed by atoms with Gasteiger partial charge in [0, 0.05) is 40.1 Å². The number of methoxy groups -OCH3 is 1. The van der Waals surface area contributed by atoms with Gasteiger partial charge in [-0.3, -0.25) is 4.98 Å². The van der Waals surface area contributed by atoms with Crippen LogP contribution in [0.1, 0.15) is 5.56 Å². The predicted molar refractivity (Wildman–Crippen MR) is 103 cm³/mol. The molecule has 0 bridgehead atoms. The third-order valence-electron chi connectivity index (χ3n) is 4.01. The largest absolute Gasteiger partial charge is 0.497 e. The Morgan fingerprint density at radius 3 is 2.76 bits per heavy atom. The Kier molecular flexibility index (Phi) is 4.31. The highest BCUT2D eigenvalue weighted by Crippen LogP contribution is 2.37. The molecule has 5 heteroatoms. The summed E-state index contributed by atoms with van der Waals surface area (Å²) in [5, 5.41) is 4.57. The summed E-state index contributed by atoms with van der Waals surface area (Å²) < 4.78 is 6.55. The van der Waals surface area contributed by atoms with E-state index in [1.165, 1.54) is 15.1 Å². The smallest absolute Gasteiger partial charge is 0.134 e. The zero-order valence-corrected chi connectivity index (χ0v) is 14.6. The molecular formula is C20H17N3OS. The molecule has 124 valence electrons. The van der Waals surface area contributed by atoms with Gasteiger partial charge in [-0.15, -0.1) is 11.3 Å². The number of hydrogen-bond donors (Lipinski definition) is 1. The second-order valence-corrected chi connectivity index (χ2v) is 6.71. The summed E-state index contributed by atoms with van der Waals surface area (Å²) in [5.74, 6) is 1.77. The van der Waals surface area contributed by atoms with E-state index < -0.39 is 0 Å². The minimum absolute atomic E-state index is 0.721. The van der Waals surface area contributed by atoms with Crippen molar-refractivity contribution in [2.45, 2.75) is 6.54 Å². The van der Waals surface area contributed by atoms with E-state index in [9.17, 15) is 0 Å². The Bertz CT molecular complexity index is 998. The molecule has 0 atom stereocenters. The number of ether oxygens (including phenoxy) is 1. The number of pyridine rings is 2. The molecule has 0 radical (unpaired) electrons. The van der Waals surface area contributed by atoms with Gasteiger partial charge in [-0.1, -0.05) is 12.1 Å². The van der Waals surface area contributed by atoms with Crippen LogP contribution in [0.25, 0.3) is 20.5 Å². The Hall–Kier alpha value is -2.92. The fourth-order valence-electron chi connectivity index (χ4n) is 2.71. The average Bonchev–Trinajstić information content (AvgIpc) is 3.12. The number of thiophene rings is 1. The van der Waals surface area contributed by atoms with Crippen molar-refractivity contribution in [2.24, 2.45) is 0 Å². The number of fused-ring (bicyclic) bond motifs is 1. The quantitative estimate of drug-likeness (QED) is 0.553. The first-order valence-electron chi connectivity index (χ1n) is 7.99. The molecule has 0 fully saturated rings. The molecule has 0 aliphatic heterocycles. The van der Waals surface area contributed by atoms with E-state index >= 15 is 0 Å². The Balaban J connectivity index is 1.66. The van der Waals surface area contributed by atoms with Crippen LogP contribution in [0.15, 0.2) is 67.1 Å². The van der Waals surface area contributed by atoms with Crippen LogP contribution in [-0.4, -0.2) is 17.1 Å². The number of rotatable bonds is 5. The summed E-state index contributed by atoms with van der Waals surface area (Å²) in [6.07, 6.45) is 5.45. The van der Waals surface area contributed by atoms with Gasteiger partial charge in [-0.05, 0) is 47.5 Å². The molecule has 3 aromatic heterocycles. The van der Waals surface area contributed by atoms with E-state index in [1.807, 2.05) is 30.5 Å². The van der Waals surface area contributed by atoms with Gasteiger partial charge >= 0.3 is 0 Å². The van der Waals surface area contributed by atoms with E-state index in [-0.39, 0.29) is 0 Å². The van der Waals surface area contributed by atoms with Gasteiger partial charge in [-0.2, -0.15) is 0 Å². The lowest BCUT2D eigenvalue weighted by atomic mass is 10.1. The van der Waals surface area contributed by atoms with Crippen LogP contribution >= 0.6 is 11.3 Å². The van der Waals surface area contributed by atoms with Crippen molar-refractivity contribution < 1.29 is 4.74 Å². The van der Waals surface area contributed by atoms with Crippen LogP contribution in [0.5, 0.6) is 5.75 Å². The molecule has 4 aromatic rings. The molecule has 3 heterocycles. The lowest BCUT2D eigenvalue weighted by Crippen LogP contribution is -2.01. The minimum Gasteiger partial charge on any atom is -0.497 e. The summed E-state index contributed by atoms with van der Waals surface area (Å²) in [6, 6.07) is 16.4. The second-order valence-electron chi connectivity index (χ2n) is 5.62. The highest BCUT2D eigenvalue weighted by Gasteiger charge is 2.09. The van der Waals surface area contributed by atoms with Crippen molar-refractivity contribution in [1.29, 1.82) is 0 Å². The summed E-state index contributed by atoms with van der Waals surface area (Å²) >= 11 is 1.76. The average molecular weight is 347 g/mol. The van der Waals surface area contributed by atoms with Gasteiger partial charge in [0.15, 0.2) is 0 Å². The molecule has 4 nitrogen and oxygen atoms in total. The van der Waals surface area contributed by atoms with Gasteiger partial charge in [0.25, 0.3) is 0 Å². The molecule has 0 aliphatic rings. The Morgan fingerprint density at radius 1 is 1.04 bits per heavy atom. The van der Waals surface area contributed by atoms with Crippen LogP contribution in [0, 0.1) is 0 Å². The maximum absolute atomic E-state index is 5.34. The number of nitrogens with one attached hydrogen (secondary N) is 1. The van der Waals surface area contributed by atoms with Gasteiger partial charge in [-0.25, -0.2) is 4.98 Å². The van der Waals surface area contributed by atoms with Crippen molar-refractivity contribution in [3.05, 3.63) is 72.7 Å². The molecule has 0 spiro atoms. The molecule has 0 saturated carbocycles. The predicted octanol–water partition coefficient (Wildman–Crippen LogP) is 4.98. The molecule has 1 N–H and O–H groups in total. The first-order valence-corrected chi connectivity index (χ1v) is 8.81. The summed E-state index contributed by atoms with van der Waals surface area (Å²) in [4.78, 5) is 9.77. The molecule has 0 amide bonds. The SMILES string of the molecule is COc1cccc(-c2cc3c(NCc4ccncc4)nccc3s2)c1. The third kappa shape index (κ3) is 3.32. The lowest BCUT2D eigenvalue weighted by molar-refractivity contribution is 0.415. The van der Waals surface area contributed by atoms with Gasteiger partial charge in [0.2, 0.25) is 0 Å². The molecule has 4 rings (SSSR count). The molecule has 1 aromatic carbocycles. The third-order valence-corrected chi connectivity index (χ3v) is 5.16. The standard InChI is InChI=1S/C20H17N3OS/c1-24-16-4-2-3-15(11-16)19-12-17-18(25-19)7-10-22-20(17)23-13-14-5-8-21-9-6-14/h2-12H,13H2,1H3,(H,22,23). The van der Waals surface area contributed by atoms with Crippen molar-refractivity contribution in [1.82, 2.24) is 9.97 Å². The van der Waals surface area contributed by atoms with Crippen LogP contribution < -0.4 is 10.1 Å². The second kappa shape index (κ2) is 6.91. The normalized spacial score (nSPS) is 10.8. The first kappa shape index (κ1) is 15.6. The molecule has 0 aliphatic carbocycles. The summed E-state index contributed by atoms with van der Waals surface area (Å²) in [7, 11) is 1.69. The fourth-order valence-corrected chi connectivity index (χ4v) is 3.76. The molecule has 0 unspecified atom stereocenters. The minimum atomic E-state index is 0.721. The van der Waals surface area contributed by atoms with Crippen molar-refractivity contribution >= 4 is 27.2 Å². The number of hydrogen-bond acceptors (Lipinski definition) is 5. The highest BCUT2D eigenvalue weighted by molar-refractivity contribution is 7.22. The molecule has 25 heavy (non-hydrogen) atoms. The Morgan fingerprint density at radius 2 is 1.92 bits per heavy atom. The van der Waals surface area contributed by atoms with Crippen LogP contribution in [0.4, 0.5) is 5.82 Å². The first-order chi connectivity index (χ1) is 12.3. The van der Waals surface area contributed by atoms with Crippen LogP contribution in [0.3, 0.4) is 0 Å². The van der Waals surface area contributed by atoms with Crippen molar-refractivity contribution in [3.63, 3.8) is 0 Å². The monoisotopic (exact) mass is 347 g/mol. The highest BCUT2D eigenvalue weighted by atomic mass is 32.1. The molecular weight excluding hydrogens is 330 g/mol. The van der Waals surface area contributed by atoms with E-state index in [0.29, 0.717) is 0 Å². The zero-order valence-electron chi connectivity index (χ0n) is 13.8. The van der Waals surface area contributed by atoms with E-state index in [2.05, 4.69) is 39.6 Å². The van der Waals surface area contributed by atoms with Crippen molar-refractivity contribution in [3.8, 4) is 16.2 Å². The maximum atomic E-state index is 5.34.